The molecule has 0 bridgehead atoms. The summed E-state index contributed by atoms with van der Waals surface area (Å²) >= 11 is 0. The lowest BCUT2D eigenvalue weighted by atomic mass is 9.91. The largest absolute Gasteiger partial charge is 0.394 e. The van der Waals surface area contributed by atoms with Crippen molar-refractivity contribution < 1.29 is 9.84 Å². The first-order valence-electron chi connectivity index (χ1n) is 5.69. The molecule has 1 aromatic carbocycles. The minimum atomic E-state index is -0.528. The van der Waals surface area contributed by atoms with Gasteiger partial charge in [-0.05, 0) is 36.5 Å². The van der Waals surface area contributed by atoms with E-state index in [2.05, 4.69) is 18.2 Å². The highest BCUT2D eigenvalue weighted by atomic mass is 16.5. The number of nitrogens with two attached hydrogens (primary N) is 1. The van der Waals surface area contributed by atoms with E-state index >= 15 is 0 Å². The highest BCUT2D eigenvalue weighted by molar-refractivity contribution is 5.33. The zero-order valence-electron chi connectivity index (χ0n) is 9.70. The lowest BCUT2D eigenvalue weighted by Crippen LogP contribution is -2.42. The molecule has 1 aliphatic heterocycles. The number of fused-ring (bicyclic) bond motifs is 1. The van der Waals surface area contributed by atoms with Gasteiger partial charge in [0.1, 0.15) is 0 Å². The summed E-state index contributed by atoms with van der Waals surface area (Å²) in [5.74, 6) is 0. The molecule has 0 saturated heterocycles. The van der Waals surface area contributed by atoms with Gasteiger partial charge < -0.3 is 15.6 Å². The van der Waals surface area contributed by atoms with Crippen molar-refractivity contribution in [2.75, 3.05) is 13.2 Å². The Morgan fingerprint density at radius 2 is 2.25 bits per heavy atom. The Hall–Kier alpha value is -0.900. The third-order valence-corrected chi connectivity index (χ3v) is 3.01. The Balaban J connectivity index is 2.17. The summed E-state index contributed by atoms with van der Waals surface area (Å²) in [5, 5.41) is 9.15. The van der Waals surface area contributed by atoms with E-state index in [9.17, 15) is 0 Å². The fourth-order valence-electron chi connectivity index (χ4n) is 2.05. The normalized spacial score (nSPS) is 18.9. The summed E-state index contributed by atoms with van der Waals surface area (Å²) in [4.78, 5) is 0. The summed E-state index contributed by atoms with van der Waals surface area (Å²) in [6.07, 6.45) is 1.68. The van der Waals surface area contributed by atoms with E-state index in [0.29, 0.717) is 6.42 Å². The second kappa shape index (κ2) is 4.53. The molecule has 16 heavy (non-hydrogen) atoms. The number of hydrogen-bond acceptors (Lipinski definition) is 3. The zero-order valence-corrected chi connectivity index (χ0v) is 9.70. The van der Waals surface area contributed by atoms with Crippen LogP contribution in [0.1, 0.15) is 23.6 Å². The molecule has 0 radical (unpaired) electrons. The van der Waals surface area contributed by atoms with Gasteiger partial charge in [0.05, 0.1) is 19.8 Å². The van der Waals surface area contributed by atoms with Crippen LogP contribution in [0, 0.1) is 0 Å². The number of benzene rings is 1. The molecule has 3 heteroatoms. The Kier molecular flexibility index (Phi) is 3.28. The van der Waals surface area contributed by atoms with Crippen LogP contribution in [0.15, 0.2) is 18.2 Å². The van der Waals surface area contributed by atoms with Gasteiger partial charge in [-0.3, -0.25) is 0 Å². The molecule has 1 aromatic rings. The van der Waals surface area contributed by atoms with E-state index in [0.717, 1.165) is 19.6 Å². The first-order chi connectivity index (χ1) is 7.61. The minimum absolute atomic E-state index is 0.00714. The SMILES string of the molecule is CC(N)(CO)Cc1ccc2c(c1)CCOC2. The van der Waals surface area contributed by atoms with Crippen LogP contribution in [0.4, 0.5) is 0 Å². The number of rotatable bonds is 3. The Morgan fingerprint density at radius 3 is 3.00 bits per heavy atom. The fraction of sp³-hybridized carbons (Fsp3) is 0.538. The van der Waals surface area contributed by atoms with Crippen LogP contribution in [0.2, 0.25) is 0 Å². The summed E-state index contributed by atoms with van der Waals surface area (Å²) in [6, 6.07) is 6.38. The minimum Gasteiger partial charge on any atom is -0.394 e. The van der Waals surface area contributed by atoms with E-state index in [-0.39, 0.29) is 6.61 Å². The van der Waals surface area contributed by atoms with E-state index in [4.69, 9.17) is 15.6 Å². The zero-order chi connectivity index (χ0) is 11.6. The van der Waals surface area contributed by atoms with Gasteiger partial charge in [0.15, 0.2) is 0 Å². The molecule has 3 nitrogen and oxygen atoms in total. The van der Waals surface area contributed by atoms with Gasteiger partial charge in [0, 0.05) is 5.54 Å². The molecule has 0 aromatic heterocycles. The second-order valence-corrected chi connectivity index (χ2v) is 4.89. The molecule has 2 rings (SSSR count). The monoisotopic (exact) mass is 221 g/mol. The van der Waals surface area contributed by atoms with Gasteiger partial charge in [-0.25, -0.2) is 0 Å². The van der Waals surface area contributed by atoms with Gasteiger partial charge in [-0.1, -0.05) is 18.2 Å². The molecule has 1 atom stereocenters. The quantitative estimate of drug-likeness (QED) is 0.801. The standard InChI is InChI=1S/C13H19NO2/c1-13(14,9-15)7-10-2-3-12-8-16-5-4-11(12)6-10/h2-3,6,15H,4-5,7-9,14H2,1H3. The molecule has 0 fully saturated rings. The van der Waals surface area contributed by atoms with Gasteiger partial charge in [0.25, 0.3) is 0 Å². The highest BCUT2D eigenvalue weighted by Crippen LogP contribution is 2.20. The third-order valence-electron chi connectivity index (χ3n) is 3.01. The van der Waals surface area contributed by atoms with Gasteiger partial charge in [-0.15, -0.1) is 0 Å². The molecular formula is C13H19NO2. The second-order valence-electron chi connectivity index (χ2n) is 4.89. The first kappa shape index (κ1) is 11.6. The lowest BCUT2D eigenvalue weighted by molar-refractivity contribution is 0.110. The Morgan fingerprint density at radius 1 is 1.44 bits per heavy atom. The molecular weight excluding hydrogens is 202 g/mol. The number of hydrogen-bond donors (Lipinski definition) is 2. The van der Waals surface area contributed by atoms with Crippen LogP contribution in [0.25, 0.3) is 0 Å². The summed E-state index contributed by atoms with van der Waals surface area (Å²) in [6.45, 7) is 3.40. The van der Waals surface area contributed by atoms with Crippen molar-refractivity contribution in [2.24, 2.45) is 5.73 Å². The van der Waals surface area contributed by atoms with Crippen LogP contribution >= 0.6 is 0 Å². The molecule has 0 spiro atoms. The molecule has 0 aliphatic carbocycles. The van der Waals surface area contributed by atoms with Crippen molar-refractivity contribution in [3.63, 3.8) is 0 Å². The smallest absolute Gasteiger partial charge is 0.0719 e. The topological polar surface area (TPSA) is 55.5 Å². The van der Waals surface area contributed by atoms with Gasteiger partial charge in [-0.2, -0.15) is 0 Å². The van der Waals surface area contributed by atoms with Crippen molar-refractivity contribution in [1.82, 2.24) is 0 Å². The fourth-order valence-corrected chi connectivity index (χ4v) is 2.05. The molecule has 0 amide bonds. The highest BCUT2D eigenvalue weighted by Gasteiger charge is 2.18. The van der Waals surface area contributed by atoms with Crippen LogP contribution in [-0.4, -0.2) is 23.9 Å². The van der Waals surface area contributed by atoms with Crippen molar-refractivity contribution in [2.45, 2.75) is 31.9 Å². The molecule has 3 N–H and O–H groups in total. The van der Waals surface area contributed by atoms with Crippen LogP contribution in [0.3, 0.4) is 0 Å². The van der Waals surface area contributed by atoms with Crippen LogP contribution in [0.5, 0.6) is 0 Å². The molecule has 1 unspecified atom stereocenters. The van der Waals surface area contributed by atoms with Crippen molar-refractivity contribution in [1.29, 1.82) is 0 Å². The average Bonchev–Trinajstić information content (AvgIpc) is 2.28. The third kappa shape index (κ3) is 2.61. The average molecular weight is 221 g/mol. The molecule has 1 aliphatic rings. The van der Waals surface area contributed by atoms with Crippen molar-refractivity contribution >= 4 is 0 Å². The van der Waals surface area contributed by atoms with Crippen LogP contribution in [-0.2, 0) is 24.2 Å². The summed E-state index contributed by atoms with van der Waals surface area (Å²) in [5.41, 5.74) is 9.25. The van der Waals surface area contributed by atoms with Crippen LogP contribution < -0.4 is 5.73 Å². The number of ether oxygens (including phenoxy) is 1. The van der Waals surface area contributed by atoms with E-state index in [1.807, 2.05) is 6.92 Å². The molecule has 0 saturated carbocycles. The number of aliphatic hydroxyl groups excluding tert-OH is 1. The summed E-state index contributed by atoms with van der Waals surface area (Å²) in [7, 11) is 0. The van der Waals surface area contributed by atoms with Gasteiger partial charge in [0.2, 0.25) is 0 Å². The molecule has 88 valence electrons. The summed E-state index contributed by atoms with van der Waals surface area (Å²) < 4.78 is 5.39. The van der Waals surface area contributed by atoms with E-state index < -0.39 is 5.54 Å². The maximum absolute atomic E-state index is 9.15. The van der Waals surface area contributed by atoms with E-state index in [1.165, 1.54) is 16.7 Å². The number of aliphatic hydroxyl groups is 1. The maximum Gasteiger partial charge on any atom is 0.0719 e. The van der Waals surface area contributed by atoms with Gasteiger partial charge >= 0.3 is 0 Å². The van der Waals surface area contributed by atoms with E-state index in [1.54, 1.807) is 0 Å². The predicted octanol–water partition coefficient (Wildman–Crippen LogP) is 1.01. The van der Waals surface area contributed by atoms with Crippen molar-refractivity contribution in [3.8, 4) is 0 Å². The lowest BCUT2D eigenvalue weighted by Gasteiger charge is -2.23. The Bertz CT molecular complexity index is 374. The Labute approximate surface area is 96.2 Å². The van der Waals surface area contributed by atoms with Crippen molar-refractivity contribution in [3.05, 3.63) is 34.9 Å². The molecule has 1 heterocycles. The first-order valence-corrected chi connectivity index (χ1v) is 5.69. The predicted molar refractivity (Wildman–Crippen MR) is 63.2 cm³/mol. The maximum atomic E-state index is 9.15.